The average Bonchev–Trinajstić information content (AvgIpc) is 2.41. The first-order valence-electron chi connectivity index (χ1n) is 5.46. The summed E-state index contributed by atoms with van der Waals surface area (Å²) in [5.41, 5.74) is 6.43. The molecule has 19 heavy (non-hydrogen) atoms. The summed E-state index contributed by atoms with van der Waals surface area (Å²) in [6.07, 6.45) is 2.91. The van der Waals surface area contributed by atoms with Crippen molar-refractivity contribution < 1.29 is 13.9 Å². The summed E-state index contributed by atoms with van der Waals surface area (Å²) >= 11 is 0. The highest BCUT2D eigenvalue weighted by Crippen LogP contribution is 2.22. The van der Waals surface area contributed by atoms with E-state index < -0.39 is 11.7 Å². The maximum Gasteiger partial charge on any atom is 0.259 e. The van der Waals surface area contributed by atoms with Gasteiger partial charge in [-0.2, -0.15) is 0 Å². The van der Waals surface area contributed by atoms with Gasteiger partial charge in [-0.1, -0.05) is 0 Å². The Labute approximate surface area is 109 Å². The van der Waals surface area contributed by atoms with Crippen molar-refractivity contribution in [1.82, 2.24) is 4.98 Å². The molecule has 0 atom stereocenters. The van der Waals surface area contributed by atoms with E-state index in [0.717, 1.165) is 6.07 Å². The second-order valence-electron chi connectivity index (χ2n) is 3.76. The van der Waals surface area contributed by atoms with Gasteiger partial charge in [0.05, 0.1) is 30.2 Å². The number of carbonyl (C=O) groups excluding carboxylic acids is 1. The molecule has 0 saturated heterocycles. The number of halogens is 1. The summed E-state index contributed by atoms with van der Waals surface area (Å²) < 4.78 is 17.9. The number of nitrogens with zero attached hydrogens (tertiary/aromatic N) is 1. The second-order valence-corrected chi connectivity index (χ2v) is 3.76. The van der Waals surface area contributed by atoms with Crippen LogP contribution in [0.1, 0.15) is 10.4 Å². The zero-order chi connectivity index (χ0) is 13.8. The third kappa shape index (κ3) is 2.79. The van der Waals surface area contributed by atoms with Gasteiger partial charge in [0, 0.05) is 6.20 Å². The second kappa shape index (κ2) is 5.34. The highest BCUT2D eigenvalue weighted by Gasteiger charge is 2.13. The number of pyridine rings is 1. The molecule has 2 rings (SSSR count). The number of aromatic nitrogens is 1. The van der Waals surface area contributed by atoms with Crippen molar-refractivity contribution in [3.63, 3.8) is 0 Å². The van der Waals surface area contributed by atoms with Crippen LogP contribution in [-0.2, 0) is 0 Å². The topological polar surface area (TPSA) is 77.2 Å². The molecule has 1 amide bonds. The molecule has 0 unspecified atom stereocenters. The van der Waals surface area contributed by atoms with Crippen LogP contribution >= 0.6 is 0 Å². The van der Waals surface area contributed by atoms with Crippen LogP contribution in [0.5, 0.6) is 5.75 Å². The van der Waals surface area contributed by atoms with Gasteiger partial charge in [-0.25, -0.2) is 4.39 Å². The van der Waals surface area contributed by atoms with Crippen LogP contribution in [0.4, 0.5) is 15.8 Å². The van der Waals surface area contributed by atoms with Crippen LogP contribution in [0, 0.1) is 5.82 Å². The molecule has 1 aromatic carbocycles. The molecular weight excluding hydrogens is 249 g/mol. The first-order chi connectivity index (χ1) is 9.11. The van der Waals surface area contributed by atoms with Gasteiger partial charge < -0.3 is 15.8 Å². The first-order valence-corrected chi connectivity index (χ1v) is 5.46. The predicted molar refractivity (Wildman–Crippen MR) is 69.6 cm³/mol. The largest absolute Gasteiger partial charge is 0.494 e. The van der Waals surface area contributed by atoms with E-state index in [0.29, 0.717) is 17.0 Å². The number of nitrogens with two attached hydrogens (primary N) is 1. The monoisotopic (exact) mass is 261 g/mol. The van der Waals surface area contributed by atoms with E-state index >= 15 is 0 Å². The van der Waals surface area contributed by atoms with E-state index in [1.807, 2.05) is 0 Å². The van der Waals surface area contributed by atoms with Crippen LogP contribution in [0.3, 0.4) is 0 Å². The SMILES string of the molecule is COc1cnccc1C(=O)Nc1ccc(F)cc1N. The van der Waals surface area contributed by atoms with Gasteiger partial charge in [-0.05, 0) is 24.3 Å². The third-order valence-corrected chi connectivity index (χ3v) is 2.51. The molecule has 0 saturated carbocycles. The van der Waals surface area contributed by atoms with Crippen LogP contribution in [0.15, 0.2) is 36.7 Å². The zero-order valence-corrected chi connectivity index (χ0v) is 10.2. The van der Waals surface area contributed by atoms with Crippen molar-refractivity contribution in [2.75, 3.05) is 18.2 Å². The fourth-order valence-corrected chi connectivity index (χ4v) is 1.57. The van der Waals surface area contributed by atoms with Gasteiger partial charge in [-0.15, -0.1) is 0 Å². The van der Waals surface area contributed by atoms with Gasteiger partial charge in [0.2, 0.25) is 0 Å². The fraction of sp³-hybridized carbons (Fsp3) is 0.0769. The summed E-state index contributed by atoms with van der Waals surface area (Å²) in [7, 11) is 1.44. The van der Waals surface area contributed by atoms with E-state index in [1.165, 1.54) is 37.7 Å². The number of nitrogens with one attached hydrogen (secondary N) is 1. The number of nitrogen functional groups attached to an aromatic ring is 1. The molecule has 98 valence electrons. The third-order valence-electron chi connectivity index (χ3n) is 2.51. The number of methoxy groups -OCH3 is 1. The Balaban J connectivity index is 2.26. The molecule has 0 aliphatic rings. The van der Waals surface area contributed by atoms with E-state index in [-0.39, 0.29) is 5.69 Å². The van der Waals surface area contributed by atoms with Crippen molar-refractivity contribution in [2.24, 2.45) is 0 Å². The lowest BCUT2D eigenvalue weighted by Gasteiger charge is -2.10. The Bertz CT molecular complexity index is 617. The predicted octanol–water partition coefficient (Wildman–Crippen LogP) is 2.06. The van der Waals surface area contributed by atoms with Gasteiger partial charge >= 0.3 is 0 Å². The molecule has 6 heteroatoms. The molecule has 0 bridgehead atoms. The van der Waals surface area contributed by atoms with Crippen molar-refractivity contribution in [3.8, 4) is 5.75 Å². The Morgan fingerprint density at radius 1 is 1.42 bits per heavy atom. The molecule has 0 radical (unpaired) electrons. The minimum absolute atomic E-state index is 0.154. The molecule has 1 heterocycles. The Morgan fingerprint density at radius 2 is 2.21 bits per heavy atom. The molecule has 3 N–H and O–H groups in total. The highest BCUT2D eigenvalue weighted by molar-refractivity contribution is 6.07. The summed E-state index contributed by atoms with van der Waals surface area (Å²) in [4.78, 5) is 15.9. The van der Waals surface area contributed by atoms with Crippen LogP contribution in [0.25, 0.3) is 0 Å². The van der Waals surface area contributed by atoms with E-state index in [2.05, 4.69) is 10.3 Å². The fourth-order valence-electron chi connectivity index (χ4n) is 1.57. The average molecular weight is 261 g/mol. The lowest BCUT2D eigenvalue weighted by molar-refractivity contribution is 0.102. The number of hydrogen-bond donors (Lipinski definition) is 2. The number of rotatable bonds is 3. The number of hydrogen-bond acceptors (Lipinski definition) is 4. The minimum Gasteiger partial charge on any atom is -0.494 e. The lowest BCUT2D eigenvalue weighted by Crippen LogP contribution is -2.14. The number of benzene rings is 1. The van der Waals surface area contributed by atoms with E-state index in [1.54, 1.807) is 0 Å². The first kappa shape index (κ1) is 12.8. The Kier molecular flexibility index (Phi) is 3.61. The molecule has 5 nitrogen and oxygen atoms in total. The Hall–Kier alpha value is -2.63. The molecule has 0 spiro atoms. The summed E-state index contributed by atoms with van der Waals surface area (Å²) in [5, 5.41) is 2.59. The summed E-state index contributed by atoms with van der Waals surface area (Å²) in [6.45, 7) is 0. The zero-order valence-electron chi connectivity index (χ0n) is 10.2. The maximum absolute atomic E-state index is 12.9. The van der Waals surface area contributed by atoms with Crippen molar-refractivity contribution in [1.29, 1.82) is 0 Å². The van der Waals surface area contributed by atoms with Gasteiger partial charge in [0.1, 0.15) is 11.6 Å². The minimum atomic E-state index is -0.461. The molecular formula is C13H12FN3O2. The van der Waals surface area contributed by atoms with Crippen molar-refractivity contribution >= 4 is 17.3 Å². The number of ether oxygens (including phenoxy) is 1. The normalized spacial score (nSPS) is 10.0. The standard InChI is InChI=1S/C13H12FN3O2/c1-19-12-7-16-5-4-9(12)13(18)17-11-3-2-8(14)6-10(11)15/h2-7H,15H2,1H3,(H,17,18). The highest BCUT2D eigenvalue weighted by atomic mass is 19.1. The molecule has 0 aliphatic carbocycles. The van der Waals surface area contributed by atoms with Crippen LogP contribution in [0.2, 0.25) is 0 Å². The van der Waals surface area contributed by atoms with Gasteiger partial charge in [0.25, 0.3) is 5.91 Å². The maximum atomic E-state index is 12.9. The molecule has 1 aromatic heterocycles. The number of amides is 1. The molecule has 2 aromatic rings. The number of anilines is 2. The smallest absolute Gasteiger partial charge is 0.259 e. The number of carbonyl (C=O) groups is 1. The van der Waals surface area contributed by atoms with Gasteiger partial charge in [-0.3, -0.25) is 9.78 Å². The lowest BCUT2D eigenvalue weighted by atomic mass is 10.2. The molecule has 0 aliphatic heterocycles. The van der Waals surface area contributed by atoms with Crippen LogP contribution in [-0.4, -0.2) is 18.0 Å². The summed E-state index contributed by atoms with van der Waals surface area (Å²) in [6, 6.07) is 5.28. The van der Waals surface area contributed by atoms with Crippen LogP contribution < -0.4 is 15.8 Å². The van der Waals surface area contributed by atoms with Crippen molar-refractivity contribution in [2.45, 2.75) is 0 Å². The van der Waals surface area contributed by atoms with E-state index in [9.17, 15) is 9.18 Å². The quantitative estimate of drug-likeness (QED) is 0.829. The van der Waals surface area contributed by atoms with Crippen molar-refractivity contribution in [3.05, 3.63) is 48.0 Å². The van der Waals surface area contributed by atoms with Gasteiger partial charge in [0.15, 0.2) is 0 Å². The molecule has 0 fully saturated rings. The summed E-state index contributed by atoms with van der Waals surface area (Å²) in [5.74, 6) is -0.518. The Morgan fingerprint density at radius 3 is 2.89 bits per heavy atom. The van der Waals surface area contributed by atoms with E-state index in [4.69, 9.17) is 10.5 Å².